The van der Waals surface area contributed by atoms with Crippen molar-refractivity contribution in [3.05, 3.63) is 76.3 Å². The fourth-order valence-electron chi connectivity index (χ4n) is 2.99. The molecule has 3 N–H and O–H groups in total. The Labute approximate surface area is 203 Å². The van der Waals surface area contributed by atoms with Crippen molar-refractivity contribution in [2.75, 3.05) is 11.8 Å². The molecule has 0 saturated heterocycles. The number of allylic oxidation sites excluding steroid dienone is 1. The zero-order valence-corrected chi connectivity index (χ0v) is 20.1. The van der Waals surface area contributed by atoms with E-state index < -0.39 is 15.8 Å². The maximum Gasteiger partial charge on any atom is 0.263 e. The quantitative estimate of drug-likeness (QED) is 0.264. The van der Waals surface area contributed by atoms with E-state index in [1.807, 2.05) is 16.8 Å². The summed E-state index contributed by atoms with van der Waals surface area (Å²) < 4.78 is 48.1. The summed E-state index contributed by atoms with van der Waals surface area (Å²) in [6.45, 7) is 0. The minimum Gasteiger partial charge on any atom is -0.452 e. The van der Waals surface area contributed by atoms with Crippen molar-refractivity contribution in [2.24, 2.45) is 0 Å². The summed E-state index contributed by atoms with van der Waals surface area (Å²) in [5.41, 5.74) is 2.72. The highest BCUT2D eigenvalue weighted by atomic mass is 32.2. The van der Waals surface area contributed by atoms with Gasteiger partial charge in [0.2, 0.25) is 0 Å². The normalized spacial score (nSPS) is 11.8. The molecule has 12 heteroatoms. The predicted octanol–water partition coefficient (Wildman–Crippen LogP) is 5.21. The summed E-state index contributed by atoms with van der Waals surface area (Å²) >= 11 is 2.64. The van der Waals surface area contributed by atoms with Crippen LogP contribution in [0.4, 0.5) is 9.52 Å². The molecule has 1 aromatic carbocycles. The molecule has 174 valence electrons. The molecule has 0 bridgehead atoms. The standard InChI is InChI=1S/C22H18FN5O3S3/c1-25-18(4-6-24)16-11-19(14-5-8-32-13-14)27-12-21(16)31-20-3-2-15(10-17(20)23)34(29,30)28-22-26-7-9-33-22/h2-13,24-25H,1H3,(H,26,28)/b18-4-,24-6?. The number of nitrogens with one attached hydrogen (secondary N) is 3. The molecule has 0 spiro atoms. The van der Waals surface area contributed by atoms with Gasteiger partial charge in [-0.3, -0.25) is 9.71 Å². The first kappa shape index (κ1) is 23.5. The van der Waals surface area contributed by atoms with Gasteiger partial charge in [0.05, 0.1) is 16.8 Å². The Balaban J connectivity index is 1.68. The lowest BCUT2D eigenvalue weighted by Gasteiger charge is -2.15. The molecular weight excluding hydrogens is 497 g/mol. The summed E-state index contributed by atoms with van der Waals surface area (Å²) in [5, 5.41) is 16.1. The minimum atomic E-state index is -4.01. The van der Waals surface area contributed by atoms with Crippen LogP contribution >= 0.6 is 22.7 Å². The Morgan fingerprint density at radius 3 is 2.68 bits per heavy atom. The van der Waals surface area contributed by atoms with Gasteiger partial charge in [-0.05, 0) is 41.8 Å². The molecule has 0 aliphatic rings. The maximum atomic E-state index is 14.9. The molecule has 34 heavy (non-hydrogen) atoms. The molecule has 8 nitrogen and oxygen atoms in total. The number of ether oxygens (including phenoxy) is 1. The van der Waals surface area contributed by atoms with Crippen molar-refractivity contribution in [3.8, 4) is 22.8 Å². The second-order valence-electron chi connectivity index (χ2n) is 6.71. The number of hydrogen-bond donors (Lipinski definition) is 3. The molecular formula is C22H18FN5O3S3. The highest BCUT2D eigenvalue weighted by molar-refractivity contribution is 7.93. The van der Waals surface area contributed by atoms with Gasteiger partial charge in [0, 0.05) is 47.0 Å². The Kier molecular flexibility index (Phi) is 7.01. The van der Waals surface area contributed by atoms with Gasteiger partial charge in [-0.15, -0.1) is 11.3 Å². The summed E-state index contributed by atoms with van der Waals surface area (Å²) in [5.74, 6) is -0.807. The second-order valence-corrected chi connectivity index (χ2v) is 10.1. The third-order valence-electron chi connectivity index (χ3n) is 4.58. The van der Waals surface area contributed by atoms with E-state index in [0.29, 0.717) is 17.0 Å². The molecule has 4 rings (SSSR count). The van der Waals surface area contributed by atoms with Gasteiger partial charge < -0.3 is 15.5 Å². The van der Waals surface area contributed by atoms with Crippen LogP contribution in [0, 0.1) is 11.2 Å². The zero-order chi connectivity index (χ0) is 24.1. The van der Waals surface area contributed by atoms with E-state index in [9.17, 15) is 12.8 Å². The van der Waals surface area contributed by atoms with Crippen LogP contribution in [0.5, 0.6) is 11.5 Å². The van der Waals surface area contributed by atoms with E-state index in [0.717, 1.165) is 29.2 Å². The molecule has 3 heterocycles. The van der Waals surface area contributed by atoms with E-state index in [1.54, 1.807) is 18.5 Å². The summed E-state index contributed by atoms with van der Waals surface area (Å²) in [6, 6.07) is 7.06. The number of halogens is 1. The summed E-state index contributed by atoms with van der Waals surface area (Å²) in [4.78, 5) is 8.03. The van der Waals surface area contributed by atoms with Gasteiger partial charge in [-0.2, -0.15) is 11.3 Å². The molecule has 0 fully saturated rings. The number of anilines is 1. The second kappa shape index (κ2) is 10.1. The Morgan fingerprint density at radius 1 is 1.18 bits per heavy atom. The molecule has 0 unspecified atom stereocenters. The molecule has 3 aromatic heterocycles. The van der Waals surface area contributed by atoms with Gasteiger partial charge in [-0.25, -0.2) is 17.8 Å². The van der Waals surface area contributed by atoms with Crippen LogP contribution < -0.4 is 14.8 Å². The molecule has 0 aliphatic heterocycles. The number of hydrogen-bond acceptors (Lipinski definition) is 9. The number of aromatic nitrogens is 2. The fraction of sp³-hybridized carbons (Fsp3) is 0.0455. The smallest absolute Gasteiger partial charge is 0.263 e. The average Bonchev–Trinajstić information content (AvgIpc) is 3.53. The van der Waals surface area contributed by atoms with Crippen molar-refractivity contribution < 1.29 is 17.5 Å². The lowest BCUT2D eigenvalue weighted by Crippen LogP contribution is -2.13. The highest BCUT2D eigenvalue weighted by Gasteiger charge is 2.20. The molecule has 0 saturated carbocycles. The van der Waals surface area contributed by atoms with Crippen molar-refractivity contribution in [3.63, 3.8) is 0 Å². The first-order valence-electron chi connectivity index (χ1n) is 9.72. The van der Waals surface area contributed by atoms with Crippen molar-refractivity contribution in [1.29, 1.82) is 5.41 Å². The van der Waals surface area contributed by atoms with E-state index in [2.05, 4.69) is 20.0 Å². The van der Waals surface area contributed by atoms with E-state index in [-0.39, 0.29) is 21.5 Å². The molecule has 0 radical (unpaired) electrons. The van der Waals surface area contributed by atoms with E-state index >= 15 is 0 Å². The van der Waals surface area contributed by atoms with Crippen LogP contribution in [-0.2, 0) is 10.0 Å². The number of thiophene rings is 1. The number of rotatable bonds is 9. The molecule has 0 amide bonds. The third-order valence-corrected chi connectivity index (χ3v) is 7.42. The van der Waals surface area contributed by atoms with Crippen LogP contribution in [0.3, 0.4) is 0 Å². The van der Waals surface area contributed by atoms with Gasteiger partial charge in [0.15, 0.2) is 22.4 Å². The highest BCUT2D eigenvalue weighted by Crippen LogP contribution is 2.34. The Bertz CT molecular complexity index is 1440. The van der Waals surface area contributed by atoms with Crippen LogP contribution in [0.25, 0.3) is 17.0 Å². The number of sulfonamides is 1. The minimum absolute atomic E-state index is 0.176. The van der Waals surface area contributed by atoms with Crippen molar-refractivity contribution in [2.45, 2.75) is 4.90 Å². The SMILES string of the molecule is CN/C(=C\C=N)c1cc(-c2ccsc2)ncc1Oc1ccc(S(=O)(=O)Nc2nccs2)cc1F. The number of benzene rings is 1. The zero-order valence-electron chi connectivity index (χ0n) is 17.7. The number of pyridine rings is 1. The van der Waals surface area contributed by atoms with Crippen LogP contribution in [-0.4, -0.2) is 31.6 Å². The van der Waals surface area contributed by atoms with E-state index in [1.165, 1.54) is 41.9 Å². The lowest BCUT2D eigenvalue weighted by molar-refractivity contribution is 0.438. The van der Waals surface area contributed by atoms with Gasteiger partial charge in [-0.1, -0.05) is 0 Å². The van der Waals surface area contributed by atoms with Crippen molar-refractivity contribution in [1.82, 2.24) is 15.3 Å². The van der Waals surface area contributed by atoms with E-state index in [4.69, 9.17) is 10.1 Å². The summed E-state index contributed by atoms with van der Waals surface area (Å²) in [7, 11) is -2.32. The van der Waals surface area contributed by atoms with Gasteiger partial charge >= 0.3 is 0 Å². The number of thiazole rings is 1. The van der Waals surface area contributed by atoms with Crippen molar-refractivity contribution >= 4 is 49.7 Å². The van der Waals surface area contributed by atoms with Crippen LogP contribution in [0.2, 0.25) is 0 Å². The fourth-order valence-corrected chi connectivity index (χ4v) is 5.44. The van der Waals surface area contributed by atoms with Gasteiger partial charge in [0.1, 0.15) is 0 Å². The van der Waals surface area contributed by atoms with Crippen LogP contribution in [0.15, 0.2) is 69.8 Å². The first-order valence-corrected chi connectivity index (χ1v) is 13.0. The molecule has 0 aliphatic carbocycles. The van der Waals surface area contributed by atoms with Crippen LogP contribution in [0.1, 0.15) is 5.56 Å². The average molecular weight is 516 g/mol. The first-order chi connectivity index (χ1) is 16.4. The molecule has 0 atom stereocenters. The lowest BCUT2D eigenvalue weighted by atomic mass is 10.1. The summed E-state index contributed by atoms with van der Waals surface area (Å²) in [6.07, 6.45) is 5.58. The Hall–Kier alpha value is -3.61. The Morgan fingerprint density at radius 2 is 2.03 bits per heavy atom. The predicted molar refractivity (Wildman–Crippen MR) is 133 cm³/mol. The largest absolute Gasteiger partial charge is 0.452 e. The monoisotopic (exact) mass is 515 g/mol. The van der Waals surface area contributed by atoms with Gasteiger partial charge in [0.25, 0.3) is 10.0 Å². The third kappa shape index (κ3) is 5.14. The number of nitrogens with zero attached hydrogens (tertiary/aromatic N) is 2. The topological polar surface area (TPSA) is 117 Å². The maximum absolute atomic E-state index is 14.9. The molecule has 4 aromatic rings.